The third kappa shape index (κ3) is 4.06. The standard InChI is InChI=1S/C19H19N3O4S/c1-24-15-10-9-14(11-16(15)25-2)22-18(13-7-5-4-6-8-13)20-21-19(22)27-12-17(23)26-3/h4-11H,12H2,1-3H3. The molecule has 2 aromatic carbocycles. The second kappa shape index (κ2) is 8.59. The molecule has 0 radical (unpaired) electrons. The minimum atomic E-state index is -0.330. The van der Waals surface area contributed by atoms with E-state index >= 15 is 0 Å². The zero-order chi connectivity index (χ0) is 19.2. The van der Waals surface area contributed by atoms with Crippen LogP contribution in [0.3, 0.4) is 0 Å². The number of ether oxygens (including phenoxy) is 3. The van der Waals surface area contributed by atoms with E-state index in [9.17, 15) is 4.79 Å². The first-order valence-corrected chi connectivity index (χ1v) is 9.09. The Kier molecular flexibility index (Phi) is 5.97. The topological polar surface area (TPSA) is 75.5 Å². The van der Waals surface area contributed by atoms with E-state index < -0.39 is 0 Å². The van der Waals surface area contributed by atoms with Gasteiger partial charge in [-0.25, -0.2) is 0 Å². The van der Waals surface area contributed by atoms with Crippen molar-refractivity contribution >= 4 is 17.7 Å². The molecule has 0 spiro atoms. The van der Waals surface area contributed by atoms with Crippen molar-refractivity contribution in [2.75, 3.05) is 27.1 Å². The van der Waals surface area contributed by atoms with Gasteiger partial charge in [0.1, 0.15) is 0 Å². The van der Waals surface area contributed by atoms with Gasteiger partial charge < -0.3 is 14.2 Å². The van der Waals surface area contributed by atoms with Crippen LogP contribution in [-0.2, 0) is 9.53 Å². The number of carbonyl (C=O) groups is 1. The fraction of sp³-hybridized carbons (Fsp3) is 0.211. The van der Waals surface area contributed by atoms with Crippen LogP contribution in [0, 0.1) is 0 Å². The molecule has 1 aromatic heterocycles. The van der Waals surface area contributed by atoms with E-state index in [1.165, 1.54) is 18.9 Å². The molecule has 140 valence electrons. The largest absolute Gasteiger partial charge is 0.493 e. The lowest BCUT2D eigenvalue weighted by Crippen LogP contribution is -2.06. The summed E-state index contributed by atoms with van der Waals surface area (Å²) >= 11 is 1.26. The highest BCUT2D eigenvalue weighted by atomic mass is 32.2. The summed E-state index contributed by atoms with van der Waals surface area (Å²) in [5.41, 5.74) is 1.70. The molecule has 0 unspecified atom stereocenters. The van der Waals surface area contributed by atoms with E-state index in [1.807, 2.05) is 53.1 Å². The third-order valence-corrected chi connectivity index (χ3v) is 4.74. The van der Waals surface area contributed by atoms with Crippen molar-refractivity contribution in [3.63, 3.8) is 0 Å². The first-order valence-electron chi connectivity index (χ1n) is 8.10. The number of thioether (sulfide) groups is 1. The van der Waals surface area contributed by atoms with Crippen LogP contribution in [0.2, 0.25) is 0 Å². The van der Waals surface area contributed by atoms with Crippen molar-refractivity contribution in [1.82, 2.24) is 14.8 Å². The monoisotopic (exact) mass is 385 g/mol. The zero-order valence-electron chi connectivity index (χ0n) is 15.2. The number of aromatic nitrogens is 3. The smallest absolute Gasteiger partial charge is 0.316 e. The van der Waals surface area contributed by atoms with Crippen molar-refractivity contribution in [1.29, 1.82) is 0 Å². The highest BCUT2D eigenvalue weighted by Crippen LogP contribution is 2.33. The van der Waals surface area contributed by atoms with Crippen LogP contribution in [0.1, 0.15) is 0 Å². The summed E-state index contributed by atoms with van der Waals surface area (Å²) in [6.07, 6.45) is 0. The van der Waals surface area contributed by atoms with Gasteiger partial charge in [-0.3, -0.25) is 9.36 Å². The maximum Gasteiger partial charge on any atom is 0.316 e. The fourth-order valence-electron chi connectivity index (χ4n) is 2.52. The predicted octanol–water partition coefficient (Wildman–Crippen LogP) is 3.22. The Bertz CT molecular complexity index is 928. The molecule has 0 bridgehead atoms. The summed E-state index contributed by atoms with van der Waals surface area (Å²) in [4.78, 5) is 11.6. The fourth-order valence-corrected chi connectivity index (χ4v) is 3.30. The Morgan fingerprint density at radius 1 is 1.00 bits per heavy atom. The number of carbonyl (C=O) groups excluding carboxylic acids is 1. The molecule has 0 aliphatic heterocycles. The van der Waals surface area contributed by atoms with Gasteiger partial charge in [0.05, 0.1) is 32.8 Å². The van der Waals surface area contributed by atoms with Gasteiger partial charge in [0.15, 0.2) is 22.5 Å². The van der Waals surface area contributed by atoms with E-state index in [4.69, 9.17) is 14.2 Å². The van der Waals surface area contributed by atoms with Crippen molar-refractivity contribution in [2.24, 2.45) is 0 Å². The van der Waals surface area contributed by atoms with Gasteiger partial charge in [-0.1, -0.05) is 42.1 Å². The molecule has 8 heteroatoms. The Balaban J connectivity index is 2.10. The minimum Gasteiger partial charge on any atom is -0.493 e. The molecule has 3 rings (SSSR count). The van der Waals surface area contributed by atoms with Crippen molar-refractivity contribution in [3.8, 4) is 28.6 Å². The predicted molar refractivity (Wildman–Crippen MR) is 103 cm³/mol. The number of methoxy groups -OCH3 is 3. The van der Waals surface area contributed by atoms with Crippen molar-refractivity contribution < 1.29 is 19.0 Å². The summed E-state index contributed by atoms with van der Waals surface area (Å²) in [6.45, 7) is 0. The van der Waals surface area contributed by atoms with Gasteiger partial charge in [-0.05, 0) is 12.1 Å². The average molecular weight is 385 g/mol. The van der Waals surface area contributed by atoms with Crippen molar-refractivity contribution in [2.45, 2.75) is 5.16 Å². The highest BCUT2D eigenvalue weighted by molar-refractivity contribution is 7.99. The summed E-state index contributed by atoms with van der Waals surface area (Å²) in [7, 11) is 4.53. The second-order valence-corrected chi connectivity index (χ2v) is 6.35. The third-order valence-electron chi connectivity index (χ3n) is 3.84. The molecule has 0 atom stereocenters. The summed E-state index contributed by atoms with van der Waals surface area (Å²) in [6, 6.07) is 15.3. The summed E-state index contributed by atoms with van der Waals surface area (Å²) in [5.74, 6) is 1.68. The Labute approximate surface area is 161 Å². The first-order chi connectivity index (χ1) is 13.2. The van der Waals surface area contributed by atoms with Crippen LogP contribution in [-0.4, -0.2) is 47.8 Å². The Hall–Kier alpha value is -3.00. The quantitative estimate of drug-likeness (QED) is 0.457. The van der Waals surface area contributed by atoms with Crippen LogP contribution >= 0.6 is 11.8 Å². The van der Waals surface area contributed by atoms with Gasteiger partial charge >= 0.3 is 5.97 Å². The van der Waals surface area contributed by atoms with E-state index in [-0.39, 0.29) is 11.7 Å². The molecule has 1 heterocycles. The van der Waals surface area contributed by atoms with Crippen LogP contribution in [0.15, 0.2) is 53.7 Å². The minimum absolute atomic E-state index is 0.136. The molecule has 0 N–H and O–H groups in total. The molecule has 0 amide bonds. The van der Waals surface area contributed by atoms with E-state index in [1.54, 1.807) is 14.2 Å². The molecule has 27 heavy (non-hydrogen) atoms. The molecule has 0 saturated heterocycles. The number of hydrogen-bond donors (Lipinski definition) is 0. The normalized spacial score (nSPS) is 10.5. The summed E-state index contributed by atoms with van der Waals surface area (Å²) in [5, 5.41) is 9.18. The molecule has 0 fully saturated rings. The number of benzene rings is 2. The molecule has 0 saturated carbocycles. The highest BCUT2D eigenvalue weighted by Gasteiger charge is 2.18. The number of hydrogen-bond acceptors (Lipinski definition) is 7. The number of esters is 1. The zero-order valence-corrected chi connectivity index (χ0v) is 16.0. The van der Waals surface area contributed by atoms with Gasteiger partial charge in [0.2, 0.25) is 0 Å². The molecule has 0 aliphatic rings. The lowest BCUT2D eigenvalue weighted by atomic mass is 10.2. The Morgan fingerprint density at radius 2 is 1.74 bits per heavy atom. The Morgan fingerprint density at radius 3 is 2.41 bits per heavy atom. The lowest BCUT2D eigenvalue weighted by molar-refractivity contribution is -0.137. The van der Waals surface area contributed by atoms with Crippen molar-refractivity contribution in [3.05, 3.63) is 48.5 Å². The second-order valence-electron chi connectivity index (χ2n) is 5.41. The molecule has 0 aliphatic carbocycles. The molecule has 7 nitrogen and oxygen atoms in total. The van der Waals surface area contributed by atoms with Gasteiger partial charge in [-0.2, -0.15) is 0 Å². The van der Waals surface area contributed by atoms with Gasteiger partial charge in [0, 0.05) is 11.6 Å². The van der Waals surface area contributed by atoms with Crippen LogP contribution in [0.4, 0.5) is 0 Å². The maximum absolute atomic E-state index is 11.6. The SMILES string of the molecule is COC(=O)CSc1nnc(-c2ccccc2)n1-c1ccc(OC)c(OC)c1. The number of nitrogens with zero attached hydrogens (tertiary/aromatic N) is 3. The van der Waals surface area contributed by atoms with Crippen LogP contribution in [0.25, 0.3) is 17.1 Å². The summed E-state index contributed by atoms with van der Waals surface area (Å²) < 4.78 is 17.3. The van der Waals surface area contributed by atoms with Gasteiger partial charge in [0.25, 0.3) is 0 Å². The first kappa shape index (κ1) is 18.8. The van der Waals surface area contributed by atoms with Crippen LogP contribution in [0.5, 0.6) is 11.5 Å². The molecular formula is C19H19N3O4S. The molecular weight excluding hydrogens is 366 g/mol. The lowest BCUT2D eigenvalue weighted by Gasteiger charge is -2.13. The average Bonchev–Trinajstić information content (AvgIpc) is 3.15. The molecule has 3 aromatic rings. The van der Waals surface area contributed by atoms with E-state index in [2.05, 4.69) is 10.2 Å². The van der Waals surface area contributed by atoms with Crippen LogP contribution < -0.4 is 9.47 Å². The van der Waals surface area contributed by atoms with Gasteiger partial charge in [-0.15, -0.1) is 10.2 Å². The van der Waals surface area contributed by atoms with E-state index in [0.29, 0.717) is 22.5 Å². The number of rotatable bonds is 7. The maximum atomic E-state index is 11.6. The van der Waals surface area contributed by atoms with E-state index in [0.717, 1.165) is 11.3 Å².